The highest BCUT2D eigenvalue weighted by Crippen LogP contribution is 2.36. The Morgan fingerprint density at radius 1 is 1.45 bits per heavy atom. The molecule has 0 spiro atoms. The number of benzene rings is 1. The van der Waals surface area contributed by atoms with Gasteiger partial charge in [-0.15, -0.1) is 11.3 Å². The Kier molecular flexibility index (Phi) is 4.70. The summed E-state index contributed by atoms with van der Waals surface area (Å²) >= 11 is 4.92. The van der Waals surface area contributed by atoms with Gasteiger partial charge in [0.1, 0.15) is 4.88 Å². The number of nitrogens with zero attached hydrogens (tertiary/aromatic N) is 1. The first-order valence-electron chi connectivity index (χ1n) is 6.70. The molecule has 20 heavy (non-hydrogen) atoms. The average Bonchev–Trinajstić information content (AvgIpc) is 2.71. The monoisotopic (exact) mass is 354 g/mol. The number of hydrogen-bond acceptors (Lipinski definition) is 3. The van der Waals surface area contributed by atoms with Crippen LogP contribution in [-0.2, 0) is 0 Å². The predicted octanol–water partition coefficient (Wildman–Crippen LogP) is 4.36. The molecule has 2 aromatic rings. The highest BCUT2D eigenvalue weighted by molar-refractivity contribution is 9.10. The van der Waals surface area contributed by atoms with Gasteiger partial charge in [0.05, 0.1) is 5.69 Å². The van der Waals surface area contributed by atoms with E-state index in [0.717, 1.165) is 21.1 Å². The van der Waals surface area contributed by atoms with E-state index in [1.807, 2.05) is 30.0 Å². The van der Waals surface area contributed by atoms with E-state index in [2.05, 4.69) is 29.8 Å². The smallest absolute Gasteiger partial charge is 0.266 e. The lowest BCUT2D eigenvalue weighted by molar-refractivity contribution is 0.0751. The predicted molar refractivity (Wildman–Crippen MR) is 90.4 cm³/mol. The fourth-order valence-electron chi connectivity index (χ4n) is 2.19. The van der Waals surface area contributed by atoms with Crippen molar-refractivity contribution in [2.75, 3.05) is 18.8 Å². The van der Waals surface area contributed by atoms with Crippen LogP contribution in [0.15, 0.2) is 22.7 Å². The molecule has 0 atom stereocenters. The van der Waals surface area contributed by atoms with Gasteiger partial charge in [-0.3, -0.25) is 4.79 Å². The number of rotatable bonds is 4. The second-order valence-electron chi connectivity index (χ2n) is 5.22. The molecule has 1 heterocycles. The first-order valence-corrected chi connectivity index (χ1v) is 8.31. The average molecular weight is 355 g/mol. The van der Waals surface area contributed by atoms with Crippen molar-refractivity contribution in [3.8, 4) is 0 Å². The fraction of sp³-hybridized carbons (Fsp3) is 0.400. The van der Waals surface area contributed by atoms with Crippen molar-refractivity contribution in [3.05, 3.63) is 27.5 Å². The van der Waals surface area contributed by atoms with Crippen LogP contribution in [0.2, 0.25) is 0 Å². The van der Waals surface area contributed by atoms with Crippen LogP contribution >= 0.6 is 27.3 Å². The van der Waals surface area contributed by atoms with Crippen molar-refractivity contribution in [3.63, 3.8) is 0 Å². The SMILES string of the molecule is CCN(CC(C)C)C(=O)c1sc2cc(Br)ccc2c1N. The molecule has 0 aliphatic carbocycles. The van der Waals surface area contributed by atoms with Crippen molar-refractivity contribution < 1.29 is 4.79 Å². The Morgan fingerprint density at radius 2 is 2.15 bits per heavy atom. The minimum atomic E-state index is 0.0380. The minimum Gasteiger partial charge on any atom is -0.397 e. The molecule has 1 amide bonds. The molecule has 2 N–H and O–H groups in total. The lowest BCUT2D eigenvalue weighted by atomic mass is 10.2. The number of hydrogen-bond donors (Lipinski definition) is 1. The molecule has 1 aromatic carbocycles. The number of halogens is 1. The number of carbonyl (C=O) groups is 1. The highest BCUT2D eigenvalue weighted by Gasteiger charge is 2.21. The van der Waals surface area contributed by atoms with Gasteiger partial charge in [-0.2, -0.15) is 0 Å². The number of amides is 1. The number of nitrogens with two attached hydrogens (primary N) is 1. The van der Waals surface area contributed by atoms with Crippen molar-refractivity contribution in [2.45, 2.75) is 20.8 Å². The van der Waals surface area contributed by atoms with Gasteiger partial charge in [-0.25, -0.2) is 0 Å². The van der Waals surface area contributed by atoms with Crippen molar-refractivity contribution in [1.29, 1.82) is 0 Å². The number of fused-ring (bicyclic) bond motifs is 1. The van der Waals surface area contributed by atoms with E-state index in [0.29, 0.717) is 23.0 Å². The summed E-state index contributed by atoms with van der Waals surface area (Å²) in [7, 11) is 0. The van der Waals surface area contributed by atoms with Crippen LogP contribution in [-0.4, -0.2) is 23.9 Å². The van der Waals surface area contributed by atoms with E-state index >= 15 is 0 Å². The second-order valence-corrected chi connectivity index (χ2v) is 7.19. The van der Waals surface area contributed by atoms with Crippen LogP contribution in [0.1, 0.15) is 30.4 Å². The van der Waals surface area contributed by atoms with Crippen LogP contribution in [0.3, 0.4) is 0 Å². The zero-order valence-electron chi connectivity index (χ0n) is 11.9. The molecule has 0 aliphatic rings. The maximum absolute atomic E-state index is 12.6. The number of anilines is 1. The molecule has 1 aromatic heterocycles. The zero-order chi connectivity index (χ0) is 14.9. The summed E-state index contributed by atoms with van der Waals surface area (Å²) in [6.07, 6.45) is 0. The van der Waals surface area contributed by atoms with E-state index in [4.69, 9.17) is 5.73 Å². The third-order valence-corrected chi connectivity index (χ3v) is 4.79. The summed E-state index contributed by atoms with van der Waals surface area (Å²) in [4.78, 5) is 15.1. The molecular weight excluding hydrogens is 336 g/mol. The number of nitrogen functional groups attached to an aromatic ring is 1. The molecular formula is C15H19BrN2OS. The molecule has 2 rings (SSSR count). The molecule has 3 nitrogen and oxygen atoms in total. The van der Waals surface area contributed by atoms with Gasteiger partial charge >= 0.3 is 0 Å². The van der Waals surface area contributed by atoms with Gasteiger partial charge in [-0.05, 0) is 25.0 Å². The molecule has 0 fully saturated rings. The van der Waals surface area contributed by atoms with Crippen LogP contribution in [0, 0.1) is 5.92 Å². The first kappa shape index (κ1) is 15.3. The first-order chi connectivity index (χ1) is 9.43. The molecule has 0 aliphatic heterocycles. The Morgan fingerprint density at radius 3 is 2.75 bits per heavy atom. The van der Waals surface area contributed by atoms with E-state index in [-0.39, 0.29) is 5.91 Å². The van der Waals surface area contributed by atoms with Crippen LogP contribution in [0.4, 0.5) is 5.69 Å². The van der Waals surface area contributed by atoms with Gasteiger partial charge < -0.3 is 10.6 Å². The minimum absolute atomic E-state index is 0.0380. The van der Waals surface area contributed by atoms with Crippen molar-refractivity contribution >= 4 is 48.9 Å². The van der Waals surface area contributed by atoms with Crippen molar-refractivity contribution in [2.24, 2.45) is 5.92 Å². The molecule has 0 saturated carbocycles. The summed E-state index contributed by atoms with van der Waals surface area (Å²) in [5, 5.41) is 0.960. The summed E-state index contributed by atoms with van der Waals surface area (Å²) in [5.74, 6) is 0.486. The molecule has 108 valence electrons. The van der Waals surface area contributed by atoms with Gasteiger partial charge in [-0.1, -0.05) is 35.8 Å². The lowest BCUT2D eigenvalue weighted by Crippen LogP contribution is -2.33. The van der Waals surface area contributed by atoms with Gasteiger partial charge in [0.2, 0.25) is 0 Å². The number of carbonyl (C=O) groups excluding carboxylic acids is 1. The Labute approximate surface area is 131 Å². The highest BCUT2D eigenvalue weighted by atomic mass is 79.9. The summed E-state index contributed by atoms with van der Waals surface area (Å²) in [6, 6.07) is 5.91. The van der Waals surface area contributed by atoms with E-state index in [9.17, 15) is 4.79 Å². The summed E-state index contributed by atoms with van der Waals surface area (Å²) in [6.45, 7) is 7.68. The topological polar surface area (TPSA) is 46.3 Å². The summed E-state index contributed by atoms with van der Waals surface area (Å²) < 4.78 is 2.04. The molecule has 0 bridgehead atoms. The molecule has 5 heteroatoms. The van der Waals surface area contributed by atoms with Gasteiger partial charge in [0, 0.05) is 27.6 Å². The standard InChI is InChI=1S/C15H19BrN2OS/c1-4-18(8-9(2)3)15(19)14-13(17)11-6-5-10(16)7-12(11)20-14/h5-7,9H,4,8,17H2,1-3H3. The maximum Gasteiger partial charge on any atom is 0.266 e. The Balaban J connectivity index is 2.41. The van der Waals surface area contributed by atoms with E-state index in [1.54, 1.807) is 0 Å². The van der Waals surface area contributed by atoms with Gasteiger partial charge in [0.25, 0.3) is 5.91 Å². The van der Waals surface area contributed by atoms with Crippen LogP contribution < -0.4 is 5.73 Å². The van der Waals surface area contributed by atoms with Crippen LogP contribution in [0.25, 0.3) is 10.1 Å². The molecule has 0 saturated heterocycles. The fourth-order valence-corrected chi connectivity index (χ4v) is 3.83. The summed E-state index contributed by atoms with van der Waals surface area (Å²) in [5.41, 5.74) is 6.76. The quantitative estimate of drug-likeness (QED) is 0.886. The number of thiophene rings is 1. The second kappa shape index (κ2) is 6.14. The van der Waals surface area contributed by atoms with E-state index < -0.39 is 0 Å². The third kappa shape index (κ3) is 2.99. The lowest BCUT2D eigenvalue weighted by Gasteiger charge is -2.22. The third-order valence-electron chi connectivity index (χ3n) is 3.14. The van der Waals surface area contributed by atoms with Crippen molar-refractivity contribution in [1.82, 2.24) is 4.90 Å². The Hall–Kier alpha value is -1.07. The van der Waals surface area contributed by atoms with Crippen LogP contribution in [0.5, 0.6) is 0 Å². The van der Waals surface area contributed by atoms with Gasteiger partial charge in [0.15, 0.2) is 0 Å². The molecule has 0 unspecified atom stereocenters. The zero-order valence-corrected chi connectivity index (χ0v) is 14.3. The maximum atomic E-state index is 12.6. The Bertz CT molecular complexity index is 636. The molecule has 0 radical (unpaired) electrons. The normalized spacial score (nSPS) is 11.2. The largest absolute Gasteiger partial charge is 0.397 e. The van der Waals surface area contributed by atoms with E-state index in [1.165, 1.54) is 11.3 Å².